The topological polar surface area (TPSA) is 17.0 Å². The van der Waals surface area contributed by atoms with Crippen molar-refractivity contribution < 1.29 is 18.3 Å². The highest BCUT2D eigenvalue weighted by molar-refractivity contribution is 6.03. The SMILES string of the molecule is CCCCc1ccc2c3c4[n+](ccc13)C(CC)(CC)C(c1ccc(OC)cc1-c1cccc[n+]1C)c1ccc(F)c(c1-4)C2(C)C. The maximum absolute atomic E-state index is 16.4. The van der Waals surface area contributed by atoms with Crippen LogP contribution in [0, 0.1) is 5.82 Å². The van der Waals surface area contributed by atoms with Gasteiger partial charge < -0.3 is 4.74 Å². The van der Waals surface area contributed by atoms with Crippen molar-refractivity contribution in [1.82, 2.24) is 0 Å². The van der Waals surface area contributed by atoms with Crippen LogP contribution >= 0.6 is 0 Å². The van der Waals surface area contributed by atoms with Gasteiger partial charge in [-0.2, -0.15) is 4.57 Å². The van der Waals surface area contributed by atoms with Crippen LogP contribution in [0.15, 0.2) is 79.1 Å². The van der Waals surface area contributed by atoms with Gasteiger partial charge in [0.25, 0.3) is 0 Å². The summed E-state index contributed by atoms with van der Waals surface area (Å²) >= 11 is 0. The zero-order chi connectivity index (χ0) is 31.7. The normalized spacial score (nSPS) is 17.0. The van der Waals surface area contributed by atoms with Gasteiger partial charge in [0.1, 0.15) is 18.6 Å². The van der Waals surface area contributed by atoms with Gasteiger partial charge in [0, 0.05) is 42.0 Å². The zero-order valence-corrected chi connectivity index (χ0v) is 27.8. The van der Waals surface area contributed by atoms with E-state index in [1.165, 1.54) is 38.7 Å². The van der Waals surface area contributed by atoms with E-state index in [0.717, 1.165) is 60.2 Å². The van der Waals surface area contributed by atoms with Crippen LogP contribution in [-0.4, -0.2) is 7.11 Å². The van der Waals surface area contributed by atoms with E-state index in [-0.39, 0.29) is 17.3 Å². The van der Waals surface area contributed by atoms with Crippen molar-refractivity contribution in [2.75, 3.05) is 7.11 Å². The first-order chi connectivity index (χ1) is 21.7. The molecule has 7 rings (SSSR count). The van der Waals surface area contributed by atoms with Gasteiger partial charge >= 0.3 is 0 Å². The number of halogens is 1. The van der Waals surface area contributed by atoms with Crippen LogP contribution in [0.2, 0.25) is 0 Å². The number of methoxy groups -OCH3 is 1. The number of aromatic nitrogens is 2. The second-order valence-corrected chi connectivity index (χ2v) is 13.6. The minimum Gasteiger partial charge on any atom is -0.497 e. The summed E-state index contributed by atoms with van der Waals surface area (Å²) in [6.45, 7) is 11.3. The quantitative estimate of drug-likeness (QED) is 0.162. The molecule has 3 nitrogen and oxygen atoms in total. The Balaban J connectivity index is 1.64. The zero-order valence-electron chi connectivity index (χ0n) is 27.8. The van der Waals surface area contributed by atoms with Crippen LogP contribution in [-0.2, 0) is 24.4 Å². The number of aryl methyl sites for hydroxylation is 2. The molecule has 2 aliphatic rings. The van der Waals surface area contributed by atoms with Crippen LogP contribution in [0.4, 0.5) is 4.39 Å². The average Bonchev–Trinajstić information content (AvgIpc) is 3.05. The van der Waals surface area contributed by atoms with Gasteiger partial charge in [-0.3, -0.25) is 0 Å². The molecule has 3 heterocycles. The number of nitrogens with zero attached hydrogens (tertiary/aromatic N) is 2. The minimum atomic E-state index is -0.485. The Morgan fingerprint density at radius 2 is 1.67 bits per heavy atom. The highest BCUT2D eigenvalue weighted by atomic mass is 19.1. The number of hydrogen-bond acceptors (Lipinski definition) is 1. The van der Waals surface area contributed by atoms with Crippen molar-refractivity contribution in [2.45, 2.75) is 83.6 Å². The van der Waals surface area contributed by atoms with Crippen molar-refractivity contribution in [3.63, 3.8) is 0 Å². The Morgan fingerprint density at radius 3 is 2.38 bits per heavy atom. The second kappa shape index (κ2) is 10.8. The summed E-state index contributed by atoms with van der Waals surface area (Å²) in [5.41, 5.74) is 9.73. The minimum absolute atomic E-state index is 0.00136. The van der Waals surface area contributed by atoms with E-state index in [1.807, 2.05) is 0 Å². The Kier molecular flexibility index (Phi) is 7.11. The molecular weight excluding hydrogens is 555 g/mol. The van der Waals surface area contributed by atoms with Crippen molar-refractivity contribution in [3.05, 3.63) is 113 Å². The van der Waals surface area contributed by atoms with Crippen LogP contribution in [0.5, 0.6) is 5.75 Å². The third-order valence-corrected chi connectivity index (χ3v) is 11.2. The molecule has 2 aromatic heterocycles. The van der Waals surface area contributed by atoms with Gasteiger partial charge in [0.15, 0.2) is 17.9 Å². The Labute approximate surface area is 267 Å². The summed E-state index contributed by atoms with van der Waals surface area (Å²) in [6.07, 6.45) is 9.67. The van der Waals surface area contributed by atoms with E-state index in [9.17, 15) is 0 Å². The molecule has 0 saturated carbocycles. The monoisotopic (exact) mass is 600 g/mol. The Hall–Kier alpha value is -4.05. The highest BCUT2D eigenvalue weighted by Crippen LogP contribution is 2.58. The fourth-order valence-electron chi connectivity index (χ4n) is 8.83. The summed E-state index contributed by atoms with van der Waals surface area (Å²) in [5.74, 6) is 0.711. The third-order valence-electron chi connectivity index (χ3n) is 11.2. The van der Waals surface area contributed by atoms with Gasteiger partial charge in [-0.1, -0.05) is 65.3 Å². The molecule has 0 amide bonds. The predicted molar refractivity (Wildman–Crippen MR) is 180 cm³/mol. The van der Waals surface area contributed by atoms with Crippen molar-refractivity contribution in [2.24, 2.45) is 7.05 Å². The fraction of sp³-hybridized carbons (Fsp3) is 0.366. The van der Waals surface area contributed by atoms with Crippen molar-refractivity contribution >= 4 is 10.8 Å². The standard InChI is InChI=1S/C41H45FN2O/c1-8-11-14-26-16-20-32-35-28(26)22-24-44-39(35)36-30(19-21-33(42)38(36)40(32,4)5)37(41(44,9-2)10-3)29-18-17-27(45-7)25-31(29)34-15-12-13-23-43(34)6/h12-13,15-25,37H,8-11,14H2,1-7H3/q+2. The van der Waals surface area contributed by atoms with Gasteiger partial charge in [-0.25, -0.2) is 8.96 Å². The van der Waals surface area contributed by atoms with Gasteiger partial charge in [-0.15, -0.1) is 0 Å². The maximum atomic E-state index is 16.4. The number of ether oxygens (including phenoxy) is 1. The molecular formula is C41H45FN2O+2. The molecule has 230 valence electrons. The predicted octanol–water partition coefficient (Wildman–Crippen LogP) is 9.08. The lowest BCUT2D eigenvalue weighted by Crippen LogP contribution is -2.63. The number of unbranched alkanes of at least 4 members (excludes halogenated alkanes) is 1. The first-order valence-corrected chi connectivity index (χ1v) is 16.7. The van der Waals surface area contributed by atoms with Gasteiger partial charge in [-0.05, 0) is 64.7 Å². The molecule has 4 heteroatoms. The molecule has 1 atom stereocenters. The smallest absolute Gasteiger partial charge is 0.221 e. The lowest BCUT2D eigenvalue weighted by atomic mass is 9.61. The number of benzene rings is 3. The Morgan fingerprint density at radius 1 is 0.889 bits per heavy atom. The van der Waals surface area contributed by atoms with E-state index in [4.69, 9.17) is 4.74 Å². The molecule has 0 fully saturated rings. The largest absolute Gasteiger partial charge is 0.497 e. The summed E-state index contributed by atoms with van der Waals surface area (Å²) in [4.78, 5) is 0. The fourth-order valence-corrected chi connectivity index (χ4v) is 8.83. The second-order valence-electron chi connectivity index (χ2n) is 13.6. The van der Waals surface area contributed by atoms with E-state index < -0.39 is 5.41 Å². The molecule has 0 bridgehead atoms. The van der Waals surface area contributed by atoms with Crippen LogP contribution < -0.4 is 13.9 Å². The van der Waals surface area contributed by atoms with E-state index >= 15 is 4.39 Å². The van der Waals surface area contributed by atoms with Crippen molar-refractivity contribution in [1.29, 1.82) is 0 Å². The van der Waals surface area contributed by atoms with E-state index in [0.29, 0.717) is 0 Å². The third kappa shape index (κ3) is 4.07. The summed E-state index contributed by atoms with van der Waals surface area (Å²) in [6, 6.07) is 23.7. The molecule has 0 saturated heterocycles. The van der Waals surface area contributed by atoms with Gasteiger partial charge in [0.05, 0.1) is 29.5 Å². The number of rotatable bonds is 8. The lowest BCUT2D eigenvalue weighted by Gasteiger charge is -2.45. The van der Waals surface area contributed by atoms with E-state index in [2.05, 4.69) is 124 Å². The summed E-state index contributed by atoms with van der Waals surface area (Å²) in [7, 11) is 3.83. The summed E-state index contributed by atoms with van der Waals surface area (Å²) < 4.78 is 26.9. The van der Waals surface area contributed by atoms with Crippen LogP contribution in [0.1, 0.15) is 94.0 Å². The molecule has 0 spiro atoms. The van der Waals surface area contributed by atoms with Crippen LogP contribution in [0.3, 0.4) is 0 Å². The molecule has 45 heavy (non-hydrogen) atoms. The number of hydrogen-bond donors (Lipinski definition) is 0. The molecule has 1 aliphatic carbocycles. The number of pyridine rings is 2. The molecule has 0 N–H and O–H groups in total. The van der Waals surface area contributed by atoms with E-state index in [1.54, 1.807) is 13.2 Å². The van der Waals surface area contributed by atoms with Gasteiger partial charge in [0.2, 0.25) is 11.4 Å². The molecule has 5 aromatic rings. The Bertz CT molecular complexity index is 1970. The maximum Gasteiger partial charge on any atom is 0.221 e. The molecule has 1 aliphatic heterocycles. The lowest BCUT2D eigenvalue weighted by molar-refractivity contribution is -0.760. The summed E-state index contributed by atoms with van der Waals surface area (Å²) in [5, 5.41) is 2.63. The average molecular weight is 601 g/mol. The first-order valence-electron chi connectivity index (χ1n) is 16.7. The van der Waals surface area contributed by atoms with Crippen LogP contribution in [0.25, 0.3) is 33.3 Å². The molecule has 1 unspecified atom stereocenters. The van der Waals surface area contributed by atoms with Crippen molar-refractivity contribution in [3.8, 4) is 28.3 Å². The first kappa shape index (κ1) is 29.6. The molecule has 3 aromatic carbocycles. The highest BCUT2D eigenvalue weighted by Gasteiger charge is 2.56. The molecule has 0 radical (unpaired) electrons.